The Kier molecular flexibility index (Phi) is 2.72. The van der Waals surface area contributed by atoms with Crippen LogP contribution in [0.5, 0.6) is 0 Å². The zero-order chi connectivity index (χ0) is 11.5. The molecule has 0 saturated carbocycles. The number of ether oxygens (including phenoxy) is 1. The normalized spacial score (nSPS) is 10.3. The molecule has 2 rings (SSSR count). The molecule has 0 spiro atoms. The van der Waals surface area contributed by atoms with Crippen LogP contribution in [0.4, 0.5) is 0 Å². The summed E-state index contributed by atoms with van der Waals surface area (Å²) in [5, 5.41) is 0.626. The van der Waals surface area contributed by atoms with Gasteiger partial charge >= 0.3 is 5.97 Å². The molecule has 0 atom stereocenters. The Morgan fingerprint density at radius 1 is 1.50 bits per heavy atom. The molecule has 1 heterocycles. The number of hydrogen-bond acceptors (Lipinski definition) is 4. The lowest BCUT2D eigenvalue weighted by atomic mass is 10.1. The second kappa shape index (κ2) is 4.18. The predicted molar refractivity (Wildman–Crippen MR) is 57.6 cm³/mol. The molecule has 0 unspecified atom stereocenters. The van der Waals surface area contributed by atoms with Gasteiger partial charge in [-0.1, -0.05) is 12.1 Å². The van der Waals surface area contributed by atoms with E-state index in [9.17, 15) is 9.59 Å². The minimum Gasteiger partial charge on any atom is -0.460 e. The summed E-state index contributed by atoms with van der Waals surface area (Å²) in [5.41, 5.74) is 1.00. The van der Waals surface area contributed by atoms with Gasteiger partial charge in [-0.2, -0.15) is 0 Å². The second-order valence-electron chi connectivity index (χ2n) is 3.21. The van der Waals surface area contributed by atoms with Gasteiger partial charge in [0.25, 0.3) is 0 Å². The standard InChI is InChI=1S/C12H10O4/c1-2-15-12(14)11-6-9-8(7-13)4-3-5-10(9)16-11/h3-7H,2H2,1H3. The Morgan fingerprint density at radius 3 is 3.00 bits per heavy atom. The lowest BCUT2D eigenvalue weighted by Gasteiger charge is -1.95. The Hall–Kier alpha value is -2.10. The fourth-order valence-electron chi connectivity index (χ4n) is 1.49. The van der Waals surface area contributed by atoms with Crippen LogP contribution in [0.3, 0.4) is 0 Å². The first-order valence-electron chi connectivity index (χ1n) is 4.91. The van der Waals surface area contributed by atoms with Crippen molar-refractivity contribution in [2.45, 2.75) is 6.92 Å². The smallest absolute Gasteiger partial charge is 0.374 e. The molecule has 4 nitrogen and oxygen atoms in total. The minimum atomic E-state index is -0.518. The molecule has 0 N–H and O–H groups in total. The summed E-state index contributed by atoms with van der Waals surface area (Å²) >= 11 is 0. The summed E-state index contributed by atoms with van der Waals surface area (Å²) in [4.78, 5) is 22.2. The first-order chi connectivity index (χ1) is 7.76. The molecular weight excluding hydrogens is 208 g/mol. The van der Waals surface area contributed by atoms with Crippen LogP contribution in [0.2, 0.25) is 0 Å². The van der Waals surface area contributed by atoms with Gasteiger partial charge in [-0.25, -0.2) is 4.79 Å². The molecule has 1 aromatic heterocycles. The van der Waals surface area contributed by atoms with Crippen molar-refractivity contribution >= 4 is 23.2 Å². The summed E-state index contributed by atoms with van der Waals surface area (Å²) < 4.78 is 10.1. The molecule has 0 aliphatic heterocycles. The third-order valence-electron chi connectivity index (χ3n) is 2.20. The van der Waals surface area contributed by atoms with Gasteiger partial charge in [0.2, 0.25) is 5.76 Å². The fraction of sp³-hybridized carbons (Fsp3) is 0.167. The maximum Gasteiger partial charge on any atom is 0.374 e. The number of hydrogen-bond donors (Lipinski definition) is 0. The Bertz CT molecular complexity index is 539. The van der Waals surface area contributed by atoms with E-state index in [-0.39, 0.29) is 12.4 Å². The molecule has 0 aliphatic carbocycles. The highest BCUT2D eigenvalue weighted by Crippen LogP contribution is 2.22. The van der Waals surface area contributed by atoms with Crippen LogP contribution in [0.15, 0.2) is 28.7 Å². The number of benzene rings is 1. The second-order valence-corrected chi connectivity index (χ2v) is 3.21. The number of esters is 1. The molecule has 0 bridgehead atoms. The van der Waals surface area contributed by atoms with Crippen LogP contribution in [-0.4, -0.2) is 18.9 Å². The number of carbonyl (C=O) groups excluding carboxylic acids is 2. The molecule has 2 aromatic rings. The zero-order valence-corrected chi connectivity index (χ0v) is 8.73. The maximum atomic E-state index is 11.4. The lowest BCUT2D eigenvalue weighted by Crippen LogP contribution is -2.02. The highest BCUT2D eigenvalue weighted by atomic mass is 16.5. The average molecular weight is 218 g/mol. The van der Waals surface area contributed by atoms with E-state index in [1.54, 1.807) is 25.1 Å². The van der Waals surface area contributed by atoms with Crippen molar-refractivity contribution in [1.29, 1.82) is 0 Å². The number of aldehydes is 1. The Morgan fingerprint density at radius 2 is 2.31 bits per heavy atom. The van der Waals surface area contributed by atoms with Crippen molar-refractivity contribution in [3.63, 3.8) is 0 Å². The number of carbonyl (C=O) groups is 2. The van der Waals surface area contributed by atoms with Gasteiger partial charge in [-0.15, -0.1) is 0 Å². The van der Waals surface area contributed by atoms with E-state index >= 15 is 0 Å². The van der Waals surface area contributed by atoms with Crippen LogP contribution in [0, 0.1) is 0 Å². The fourth-order valence-corrected chi connectivity index (χ4v) is 1.49. The third-order valence-corrected chi connectivity index (χ3v) is 2.20. The first kappa shape index (κ1) is 10.4. The maximum absolute atomic E-state index is 11.4. The molecule has 0 fully saturated rings. The van der Waals surface area contributed by atoms with Gasteiger partial charge in [0, 0.05) is 17.0 Å². The molecule has 4 heteroatoms. The number of furan rings is 1. The van der Waals surface area contributed by atoms with Gasteiger partial charge in [0.1, 0.15) is 5.58 Å². The van der Waals surface area contributed by atoms with Gasteiger partial charge in [0.15, 0.2) is 6.29 Å². The van der Waals surface area contributed by atoms with Gasteiger partial charge in [-0.3, -0.25) is 4.79 Å². The van der Waals surface area contributed by atoms with E-state index < -0.39 is 5.97 Å². The summed E-state index contributed by atoms with van der Waals surface area (Å²) in [6, 6.07) is 6.59. The van der Waals surface area contributed by atoms with Crippen molar-refractivity contribution in [2.24, 2.45) is 0 Å². The molecule has 16 heavy (non-hydrogen) atoms. The van der Waals surface area contributed by atoms with Crippen molar-refractivity contribution in [3.05, 3.63) is 35.6 Å². The molecule has 0 radical (unpaired) electrons. The van der Waals surface area contributed by atoms with Crippen LogP contribution < -0.4 is 0 Å². The number of rotatable bonds is 3. The van der Waals surface area contributed by atoms with Crippen LogP contribution in [0.1, 0.15) is 27.8 Å². The SMILES string of the molecule is CCOC(=O)c1cc2c(C=O)cccc2o1. The van der Waals surface area contributed by atoms with Crippen molar-refractivity contribution in [3.8, 4) is 0 Å². The first-order valence-corrected chi connectivity index (χ1v) is 4.91. The predicted octanol–water partition coefficient (Wildman–Crippen LogP) is 2.42. The van der Waals surface area contributed by atoms with Crippen LogP contribution in [0.25, 0.3) is 11.0 Å². The zero-order valence-electron chi connectivity index (χ0n) is 8.73. The van der Waals surface area contributed by atoms with Gasteiger partial charge < -0.3 is 9.15 Å². The van der Waals surface area contributed by atoms with E-state index in [1.807, 2.05) is 0 Å². The largest absolute Gasteiger partial charge is 0.460 e. The van der Waals surface area contributed by atoms with E-state index in [1.165, 1.54) is 6.07 Å². The average Bonchev–Trinajstić information content (AvgIpc) is 2.72. The summed E-state index contributed by atoms with van der Waals surface area (Å²) in [6.07, 6.45) is 0.729. The van der Waals surface area contributed by atoms with Crippen molar-refractivity contribution in [1.82, 2.24) is 0 Å². The summed E-state index contributed by atoms with van der Waals surface area (Å²) in [7, 11) is 0. The molecule has 0 amide bonds. The van der Waals surface area contributed by atoms with Crippen LogP contribution in [-0.2, 0) is 4.74 Å². The van der Waals surface area contributed by atoms with Crippen molar-refractivity contribution in [2.75, 3.05) is 6.61 Å². The highest BCUT2D eigenvalue weighted by molar-refractivity contribution is 6.00. The topological polar surface area (TPSA) is 56.5 Å². The van der Waals surface area contributed by atoms with E-state index in [4.69, 9.17) is 9.15 Å². The molecule has 82 valence electrons. The Labute approximate surface area is 91.8 Å². The van der Waals surface area contributed by atoms with Gasteiger partial charge in [0.05, 0.1) is 6.61 Å². The highest BCUT2D eigenvalue weighted by Gasteiger charge is 2.14. The monoisotopic (exact) mass is 218 g/mol. The summed E-state index contributed by atoms with van der Waals surface area (Å²) in [6.45, 7) is 2.01. The quantitative estimate of drug-likeness (QED) is 0.586. The molecule has 0 aliphatic rings. The third kappa shape index (κ3) is 1.69. The molecule has 0 saturated heterocycles. The minimum absolute atomic E-state index is 0.117. The lowest BCUT2D eigenvalue weighted by molar-refractivity contribution is 0.0492. The number of fused-ring (bicyclic) bond motifs is 1. The van der Waals surface area contributed by atoms with Crippen LogP contribution >= 0.6 is 0 Å². The van der Waals surface area contributed by atoms with Gasteiger partial charge in [-0.05, 0) is 13.0 Å². The van der Waals surface area contributed by atoms with E-state index in [0.717, 1.165) is 6.29 Å². The molecular formula is C12H10O4. The molecule has 1 aromatic carbocycles. The van der Waals surface area contributed by atoms with E-state index in [2.05, 4.69) is 0 Å². The van der Waals surface area contributed by atoms with E-state index in [0.29, 0.717) is 16.5 Å². The Balaban J connectivity index is 2.51. The summed E-state index contributed by atoms with van der Waals surface area (Å²) in [5.74, 6) is -0.401. The van der Waals surface area contributed by atoms with Crippen molar-refractivity contribution < 1.29 is 18.7 Å².